The number of carbonyl (C=O) groups excluding carboxylic acids is 3. The lowest BCUT2D eigenvalue weighted by Crippen LogP contribution is -2.30. The fraction of sp³-hybridized carbons (Fsp3) is 0.800. The smallest absolute Gasteiger partial charge is 0.306 e. The van der Waals surface area contributed by atoms with Crippen molar-refractivity contribution in [3.63, 3.8) is 0 Å². The predicted octanol–water partition coefficient (Wildman–Crippen LogP) is 24.4. The van der Waals surface area contributed by atoms with Gasteiger partial charge in [0, 0.05) is 19.3 Å². The van der Waals surface area contributed by atoms with Gasteiger partial charge in [0.2, 0.25) is 0 Å². The maximum absolute atomic E-state index is 12.9. The molecule has 0 aromatic carbocycles. The number of ether oxygens (including phenoxy) is 3. The molecule has 0 aliphatic heterocycles. The molecule has 0 bridgehead atoms. The van der Waals surface area contributed by atoms with E-state index in [9.17, 15) is 14.4 Å². The van der Waals surface area contributed by atoms with E-state index in [0.717, 1.165) is 70.6 Å². The number of esters is 3. The SMILES string of the molecule is CC/C=C\C/C=C\C/C=C\C/C=C\CCC(=O)OCC(COC(=O)CCCCCCCCCCCCCCCCCCCCCCCCC/C=C\C/C=C\CCCCCCC)OC(=O)CCCCCCCCCCCCCCCCC. The highest BCUT2D eigenvalue weighted by molar-refractivity contribution is 5.71. The molecule has 81 heavy (non-hydrogen) atoms. The Labute approximate surface area is 503 Å². The van der Waals surface area contributed by atoms with Crippen LogP contribution in [0.1, 0.15) is 367 Å². The Morgan fingerprint density at radius 1 is 0.259 bits per heavy atom. The summed E-state index contributed by atoms with van der Waals surface area (Å²) in [4.78, 5) is 38.3. The van der Waals surface area contributed by atoms with Crippen molar-refractivity contribution in [1.82, 2.24) is 0 Å². The van der Waals surface area contributed by atoms with Gasteiger partial charge in [0.1, 0.15) is 13.2 Å². The number of hydrogen-bond donors (Lipinski definition) is 0. The van der Waals surface area contributed by atoms with Crippen molar-refractivity contribution in [2.24, 2.45) is 0 Å². The Balaban J connectivity index is 4.09. The number of hydrogen-bond acceptors (Lipinski definition) is 6. The molecule has 0 aliphatic carbocycles. The molecular weight excluding hydrogens is 997 g/mol. The van der Waals surface area contributed by atoms with Crippen LogP contribution in [0.2, 0.25) is 0 Å². The molecule has 6 heteroatoms. The van der Waals surface area contributed by atoms with E-state index in [4.69, 9.17) is 14.2 Å². The lowest BCUT2D eigenvalue weighted by atomic mass is 10.0. The first-order valence-electron chi connectivity index (χ1n) is 35.4. The molecule has 6 nitrogen and oxygen atoms in total. The van der Waals surface area contributed by atoms with Crippen LogP contribution in [0.15, 0.2) is 72.9 Å². The van der Waals surface area contributed by atoms with Crippen LogP contribution in [0.5, 0.6) is 0 Å². The zero-order valence-electron chi connectivity index (χ0n) is 54.1. The van der Waals surface area contributed by atoms with Gasteiger partial charge in [0.25, 0.3) is 0 Å². The van der Waals surface area contributed by atoms with Crippen LogP contribution in [-0.2, 0) is 28.6 Å². The van der Waals surface area contributed by atoms with E-state index in [1.54, 1.807) is 0 Å². The molecule has 0 N–H and O–H groups in total. The highest BCUT2D eigenvalue weighted by atomic mass is 16.6. The molecule has 0 fully saturated rings. The molecule has 0 radical (unpaired) electrons. The molecule has 0 spiro atoms. The second-order valence-electron chi connectivity index (χ2n) is 23.8. The molecule has 0 heterocycles. The van der Waals surface area contributed by atoms with Crippen molar-refractivity contribution >= 4 is 17.9 Å². The zero-order valence-corrected chi connectivity index (χ0v) is 54.1. The number of unbranched alkanes of at least 4 members (excludes halogenated alkanes) is 42. The van der Waals surface area contributed by atoms with E-state index in [1.807, 2.05) is 6.08 Å². The Morgan fingerprint density at radius 3 is 0.827 bits per heavy atom. The van der Waals surface area contributed by atoms with Gasteiger partial charge < -0.3 is 14.2 Å². The summed E-state index contributed by atoms with van der Waals surface area (Å²) in [5, 5.41) is 0. The van der Waals surface area contributed by atoms with Crippen molar-refractivity contribution in [3.8, 4) is 0 Å². The minimum absolute atomic E-state index is 0.0921. The van der Waals surface area contributed by atoms with Crippen LogP contribution in [-0.4, -0.2) is 37.2 Å². The van der Waals surface area contributed by atoms with Crippen molar-refractivity contribution < 1.29 is 28.6 Å². The summed E-state index contributed by atoms with van der Waals surface area (Å²) in [5.41, 5.74) is 0. The summed E-state index contributed by atoms with van der Waals surface area (Å²) >= 11 is 0. The summed E-state index contributed by atoms with van der Waals surface area (Å²) in [5.74, 6) is -0.957. The van der Waals surface area contributed by atoms with Gasteiger partial charge in [-0.3, -0.25) is 14.4 Å². The largest absolute Gasteiger partial charge is 0.462 e. The summed E-state index contributed by atoms with van der Waals surface area (Å²) in [6.07, 6.45) is 91.2. The Morgan fingerprint density at radius 2 is 0.506 bits per heavy atom. The molecule has 1 unspecified atom stereocenters. The fourth-order valence-corrected chi connectivity index (χ4v) is 10.4. The molecule has 0 aromatic heterocycles. The second kappa shape index (κ2) is 69.3. The van der Waals surface area contributed by atoms with Crippen LogP contribution in [0.3, 0.4) is 0 Å². The molecule has 470 valence electrons. The summed E-state index contributed by atoms with van der Waals surface area (Å²) in [6, 6.07) is 0. The van der Waals surface area contributed by atoms with Gasteiger partial charge in [-0.25, -0.2) is 0 Å². The van der Waals surface area contributed by atoms with Crippen molar-refractivity contribution in [3.05, 3.63) is 72.9 Å². The third kappa shape index (κ3) is 67.5. The van der Waals surface area contributed by atoms with E-state index in [-0.39, 0.29) is 37.5 Å². The lowest BCUT2D eigenvalue weighted by Gasteiger charge is -2.18. The van der Waals surface area contributed by atoms with Gasteiger partial charge in [-0.05, 0) is 77.0 Å². The van der Waals surface area contributed by atoms with Crippen molar-refractivity contribution in [2.75, 3.05) is 13.2 Å². The first kappa shape index (κ1) is 77.9. The first-order valence-corrected chi connectivity index (χ1v) is 35.4. The van der Waals surface area contributed by atoms with Gasteiger partial charge in [-0.1, -0.05) is 344 Å². The van der Waals surface area contributed by atoms with Gasteiger partial charge >= 0.3 is 17.9 Å². The number of carbonyl (C=O) groups is 3. The number of rotatable bonds is 65. The van der Waals surface area contributed by atoms with E-state index < -0.39 is 6.10 Å². The van der Waals surface area contributed by atoms with E-state index in [1.165, 1.54) is 250 Å². The van der Waals surface area contributed by atoms with Crippen molar-refractivity contribution in [2.45, 2.75) is 374 Å². The van der Waals surface area contributed by atoms with E-state index in [0.29, 0.717) is 19.3 Å². The molecule has 0 rings (SSSR count). The average molecular weight is 1130 g/mol. The first-order chi connectivity index (χ1) is 40.0. The lowest BCUT2D eigenvalue weighted by molar-refractivity contribution is -0.166. The monoisotopic (exact) mass is 1130 g/mol. The highest BCUT2D eigenvalue weighted by Crippen LogP contribution is 2.18. The third-order valence-electron chi connectivity index (χ3n) is 15.7. The highest BCUT2D eigenvalue weighted by Gasteiger charge is 2.19. The Kier molecular flexibility index (Phi) is 66.6. The van der Waals surface area contributed by atoms with Crippen molar-refractivity contribution in [1.29, 1.82) is 0 Å². The van der Waals surface area contributed by atoms with Gasteiger partial charge in [0.15, 0.2) is 6.10 Å². The number of allylic oxidation sites excluding steroid dienone is 12. The van der Waals surface area contributed by atoms with Gasteiger partial charge in [-0.15, -0.1) is 0 Å². The molecule has 0 saturated heterocycles. The van der Waals surface area contributed by atoms with Crippen LogP contribution >= 0.6 is 0 Å². The maximum atomic E-state index is 12.9. The van der Waals surface area contributed by atoms with Gasteiger partial charge in [-0.2, -0.15) is 0 Å². The molecule has 0 amide bonds. The van der Waals surface area contributed by atoms with E-state index >= 15 is 0 Å². The minimum Gasteiger partial charge on any atom is -0.462 e. The third-order valence-corrected chi connectivity index (χ3v) is 15.7. The molecule has 1 atom stereocenters. The molecule has 0 aromatic rings. The van der Waals surface area contributed by atoms with Crippen LogP contribution in [0.25, 0.3) is 0 Å². The summed E-state index contributed by atoms with van der Waals surface area (Å²) in [6.45, 7) is 6.50. The minimum atomic E-state index is -0.801. The molecule has 0 aliphatic rings. The molecule has 0 saturated carbocycles. The standard InChI is InChI=1S/C75H134O6/c1-4-7-10-13-16-19-22-25-27-28-29-30-31-32-33-34-35-36-37-38-39-40-41-42-43-44-45-46-48-50-53-56-59-62-65-68-74(77)80-71-72(70-79-73(76)67-64-61-58-55-52-49-24-21-18-15-12-9-6-3)81-75(78)69-66-63-60-57-54-51-47-26-23-20-17-14-11-8-5-2/h9,12,18,21-22,25,28-29,49,52,58,61,72H,4-8,10-11,13-17,19-20,23-24,26-27,30-48,50-51,53-57,59-60,62-71H2,1-3H3/b12-9-,21-18-,25-22-,29-28-,52-49-,61-58-. The average Bonchev–Trinajstić information content (AvgIpc) is 3.46. The van der Waals surface area contributed by atoms with Crippen LogP contribution in [0.4, 0.5) is 0 Å². The van der Waals surface area contributed by atoms with Crippen LogP contribution < -0.4 is 0 Å². The van der Waals surface area contributed by atoms with Crippen LogP contribution in [0, 0.1) is 0 Å². The van der Waals surface area contributed by atoms with E-state index in [2.05, 4.69) is 87.6 Å². The Hall–Kier alpha value is -3.15. The second-order valence-corrected chi connectivity index (χ2v) is 23.8. The van der Waals surface area contributed by atoms with Gasteiger partial charge in [0.05, 0.1) is 0 Å². The normalized spacial score (nSPS) is 12.5. The Bertz CT molecular complexity index is 1490. The maximum Gasteiger partial charge on any atom is 0.306 e. The summed E-state index contributed by atoms with van der Waals surface area (Å²) in [7, 11) is 0. The molecular formula is C75H134O6. The zero-order chi connectivity index (χ0) is 58.5. The fourth-order valence-electron chi connectivity index (χ4n) is 10.4. The quantitative estimate of drug-likeness (QED) is 0.0261. The topological polar surface area (TPSA) is 78.9 Å². The summed E-state index contributed by atoms with van der Waals surface area (Å²) < 4.78 is 16.9. The predicted molar refractivity (Wildman–Crippen MR) is 353 cm³/mol.